The lowest BCUT2D eigenvalue weighted by molar-refractivity contribution is -0.108. The van der Waals surface area contributed by atoms with Crippen molar-refractivity contribution in [1.29, 1.82) is 0 Å². The Bertz CT molecular complexity index is 310. The fourth-order valence-corrected chi connectivity index (χ4v) is 1.02. The summed E-state index contributed by atoms with van der Waals surface area (Å²) < 4.78 is 18.3. The van der Waals surface area contributed by atoms with Crippen molar-refractivity contribution in [2.24, 2.45) is 0 Å². The van der Waals surface area contributed by atoms with Crippen LogP contribution in [0.5, 0.6) is 5.75 Å². The lowest BCUT2D eigenvalue weighted by atomic mass is 10.2. The third-order valence-electron chi connectivity index (χ3n) is 1.88. The molecule has 0 aliphatic carbocycles. The number of benzene rings is 1. The molecule has 0 bridgehead atoms. The Labute approximate surface area is 82.7 Å². The molecule has 0 saturated carbocycles. The lowest BCUT2D eigenvalue weighted by Gasteiger charge is -2.05. The Morgan fingerprint density at radius 1 is 1.50 bits per heavy atom. The Morgan fingerprint density at radius 2 is 2.29 bits per heavy atom. The fourth-order valence-electron chi connectivity index (χ4n) is 1.02. The highest BCUT2D eigenvalue weighted by Gasteiger charge is 1.99. The largest absolute Gasteiger partial charge is 0.493 e. The highest BCUT2D eigenvalue weighted by molar-refractivity contribution is 5.49. The number of hydrogen-bond donors (Lipinski definition) is 0. The molecule has 0 saturated heterocycles. The van der Waals surface area contributed by atoms with Gasteiger partial charge in [0.25, 0.3) is 0 Å². The van der Waals surface area contributed by atoms with E-state index in [0.29, 0.717) is 30.8 Å². The molecule has 14 heavy (non-hydrogen) atoms. The van der Waals surface area contributed by atoms with Crippen LogP contribution in [0.15, 0.2) is 18.2 Å². The molecular formula is C11H13FO2. The molecule has 0 spiro atoms. The standard InChI is InChI=1S/C11H13FO2/c1-9-4-5-10(8-11(9)12)14-7-3-2-6-13/h4-6,8H,2-3,7H2,1H3. The van der Waals surface area contributed by atoms with Crippen LogP contribution in [0.1, 0.15) is 18.4 Å². The molecule has 0 heterocycles. The summed E-state index contributed by atoms with van der Waals surface area (Å²) in [5, 5.41) is 0. The van der Waals surface area contributed by atoms with E-state index in [-0.39, 0.29) is 5.82 Å². The molecule has 76 valence electrons. The molecule has 0 aromatic heterocycles. The van der Waals surface area contributed by atoms with E-state index in [1.54, 1.807) is 19.1 Å². The van der Waals surface area contributed by atoms with Gasteiger partial charge in [-0.15, -0.1) is 0 Å². The molecule has 0 atom stereocenters. The number of rotatable bonds is 5. The second-order valence-corrected chi connectivity index (χ2v) is 3.07. The van der Waals surface area contributed by atoms with Crippen molar-refractivity contribution in [3.05, 3.63) is 29.6 Å². The molecule has 3 heteroatoms. The first-order valence-electron chi connectivity index (χ1n) is 4.56. The molecule has 0 fully saturated rings. The number of halogens is 1. The smallest absolute Gasteiger partial charge is 0.129 e. The number of carbonyl (C=O) groups is 1. The third kappa shape index (κ3) is 3.17. The highest BCUT2D eigenvalue weighted by Crippen LogP contribution is 2.15. The Hall–Kier alpha value is -1.38. The summed E-state index contributed by atoms with van der Waals surface area (Å²) in [4.78, 5) is 10.00. The third-order valence-corrected chi connectivity index (χ3v) is 1.88. The van der Waals surface area contributed by atoms with Gasteiger partial charge in [0.2, 0.25) is 0 Å². The minimum absolute atomic E-state index is 0.266. The first-order valence-corrected chi connectivity index (χ1v) is 4.56. The molecule has 0 N–H and O–H groups in total. The average Bonchev–Trinajstić information content (AvgIpc) is 2.18. The van der Waals surface area contributed by atoms with E-state index >= 15 is 0 Å². The van der Waals surface area contributed by atoms with E-state index in [2.05, 4.69) is 0 Å². The molecular weight excluding hydrogens is 183 g/mol. The van der Waals surface area contributed by atoms with Gasteiger partial charge in [0.1, 0.15) is 17.9 Å². The SMILES string of the molecule is Cc1ccc(OCCCC=O)cc1F. The Balaban J connectivity index is 2.43. The molecule has 0 radical (unpaired) electrons. The van der Waals surface area contributed by atoms with E-state index in [0.717, 1.165) is 6.29 Å². The molecule has 2 nitrogen and oxygen atoms in total. The van der Waals surface area contributed by atoms with Crippen LogP contribution in [0.2, 0.25) is 0 Å². The molecule has 0 unspecified atom stereocenters. The van der Waals surface area contributed by atoms with E-state index < -0.39 is 0 Å². The van der Waals surface area contributed by atoms with Crippen molar-refractivity contribution in [3.8, 4) is 5.75 Å². The minimum atomic E-state index is -0.266. The van der Waals surface area contributed by atoms with Crippen LogP contribution < -0.4 is 4.74 Å². The van der Waals surface area contributed by atoms with Crippen LogP contribution in [-0.2, 0) is 4.79 Å². The zero-order valence-electron chi connectivity index (χ0n) is 8.13. The van der Waals surface area contributed by atoms with Crippen molar-refractivity contribution in [1.82, 2.24) is 0 Å². The van der Waals surface area contributed by atoms with Gasteiger partial charge in [0.15, 0.2) is 0 Å². The van der Waals surface area contributed by atoms with Crippen LogP contribution in [0.3, 0.4) is 0 Å². The maximum Gasteiger partial charge on any atom is 0.129 e. The highest BCUT2D eigenvalue weighted by atomic mass is 19.1. The van der Waals surface area contributed by atoms with Crippen molar-refractivity contribution in [3.63, 3.8) is 0 Å². The summed E-state index contributed by atoms with van der Waals surface area (Å²) in [5.74, 6) is 0.247. The Kier molecular flexibility index (Phi) is 4.11. The number of ether oxygens (including phenoxy) is 1. The van der Waals surface area contributed by atoms with Gasteiger partial charge in [-0.2, -0.15) is 0 Å². The summed E-state index contributed by atoms with van der Waals surface area (Å²) in [6, 6.07) is 4.75. The van der Waals surface area contributed by atoms with Crippen molar-refractivity contribution in [2.75, 3.05) is 6.61 Å². The molecule has 0 amide bonds. The zero-order valence-corrected chi connectivity index (χ0v) is 8.13. The second kappa shape index (κ2) is 5.37. The number of hydrogen-bond acceptors (Lipinski definition) is 2. The van der Waals surface area contributed by atoms with E-state index in [1.807, 2.05) is 0 Å². The number of aryl methyl sites for hydroxylation is 1. The number of aldehydes is 1. The second-order valence-electron chi connectivity index (χ2n) is 3.07. The van der Waals surface area contributed by atoms with Crippen molar-refractivity contribution < 1.29 is 13.9 Å². The van der Waals surface area contributed by atoms with E-state index in [9.17, 15) is 9.18 Å². The summed E-state index contributed by atoms with van der Waals surface area (Å²) in [7, 11) is 0. The molecule has 1 aromatic rings. The van der Waals surface area contributed by atoms with Crippen LogP contribution in [0, 0.1) is 12.7 Å². The summed E-state index contributed by atoms with van der Waals surface area (Å²) in [6.07, 6.45) is 1.99. The summed E-state index contributed by atoms with van der Waals surface area (Å²) in [6.45, 7) is 2.15. The number of carbonyl (C=O) groups excluding carboxylic acids is 1. The maximum atomic E-state index is 13.0. The Morgan fingerprint density at radius 3 is 2.93 bits per heavy atom. The number of unbranched alkanes of at least 4 members (excludes halogenated alkanes) is 1. The lowest BCUT2D eigenvalue weighted by Crippen LogP contribution is -1.98. The average molecular weight is 196 g/mol. The van der Waals surface area contributed by atoms with Crippen LogP contribution in [-0.4, -0.2) is 12.9 Å². The van der Waals surface area contributed by atoms with Gasteiger partial charge < -0.3 is 9.53 Å². The van der Waals surface area contributed by atoms with Gasteiger partial charge >= 0.3 is 0 Å². The quantitative estimate of drug-likeness (QED) is 0.534. The first-order chi connectivity index (χ1) is 6.74. The summed E-state index contributed by atoms with van der Waals surface area (Å²) in [5.41, 5.74) is 0.602. The van der Waals surface area contributed by atoms with Crippen LogP contribution >= 0.6 is 0 Å². The zero-order chi connectivity index (χ0) is 10.4. The van der Waals surface area contributed by atoms with Crippen molar-refractivity contribution >= 4 is 6.29 Å². The van der Waals surface area contributed by atoms with Gasteiger partial charge in [-0.1, -0.05) is 6.07 Å². The predicted octanol–water partition coefficient (Wildman–Crippen LogP) is 2.49. The van der Waals surface area contributed by atoms with Gasteiger partial charge in [-0.05, 0) is 25.0 Å². The van der Waals surface area contributed by atoms with Crippen molar-refractivity contribution in [2.45, 2.75) is 19.8 Å². The maximum absolute atomic E-state index is 13.0. The van der Waals surface area contributed by atoms with E-state index in [1.165, 1.54) is 6.07 Å². The van der Waals surface area contributed by atoms with Crippen LogP contribution in [0.4, 0.5) is 4.39 Å². The molecule has 1 aromatic carbocycles. The normalized spacial score (nSPS) is 9.86. The summed E-state index contributed by atoms with van der Waals surface area (Å²) >= 11 is 0. The van der Waals surface area contributed by atoms with Gasteiger partial charge in [0.05, 0.1) is 6.61 Å². The van der Waals surface area contributed by atoms with Gasteiger partial charge in [0, 0.05) is 12.5 Å². The van der Waals surface area contributed by atoms with Gasteiger partial charge in [-0.3, -0.25) is 0 Å². The topological polar surface area (TPSA) is 26.3 Å². The monoisotopic (exact) mass is 196 g/mol. The molecule has 1 rings (SSSR count). The molecule has 0 aliphatic heterocycles. The molecule has 0 aliphatic rings. The minimum Gasteiger partial charge on any atom is -0.493 e. The predicted molar refractivity (Wildman–Crippen MR) is 51.9 cm³/mol. The van der Waals surface area contributed by atoms with Crippen LogP contribution in [0.25, 0.3) is 0 Å². The van der Waals surface area contributed by atoms with Gasteiger partial charge in [-0.25, -0.2) is 4.39 Å². The van der Waals surface area contributed by atoms with E-state index in [4.69, 9.17) is 4.74 Å². The fraction of sp³-hybridized carbons (Fsp3) is 0.364. The first kappa shape index (κ1) is 10.7.